The fraction of sp³-hybridized carbons (Fsp3) is 0.750. The third-order valence-corrected chi connectivity index (χ3v) is 5.44. The van der Waals surface area contributed by atoms with Gasteiger partial charge in [-0.05, 0) is 25.7 Å². The van der Waals surface area contributed by atoms with E-state index in [1.54, 1.807) is 9.80 Å². The molecule has 1 atom stereocenters. The molecule has 0 radical (unpaired) electrons. The van der Waals surface area contributed by atoms with Crippen molar-refractivity contribution in [1.29, 1.82) is 0 Å². The van der Waals surface area contributed by atoms with Gasteiger partial charge in [0.15, 0.2) is 0 Å². The summed E-state index contributed by atoms with van der Waals surface area (Å²) in [5, 5.41) is 0. The van der Waals surface area contributed by atoms with E-state index in [1.165, 1.54) is 0 Å². The topological polar surface area (TPSA) is 81.2 Å². The van der Waals surface area contributed by atoms with E-state index in [0.29, 0.717) is 39.1 Å². The van der Waals surface area contributed by atoms with Gasteiger partial charge in [0, 0.05) is 38.6 Å². The fourth-order valence-electron chi connectivity index (χ4n) is 3.83. The minimum atomic E-state index is -0.363. The fourth-order valence-corrected chi connectivity index (χ4v) is 3.83. The summed E-state index contributed by atoms with van der Waals surface area (Å²) in [4.78, 5) is 55.1. The van der Waals surface area contributed by atoms with Crippen molar-refractivity contribution in [3.63, 3.8) is 0 Å². The summed E-state index contributed by atoms with van der Waals surface area (Å²) in [5.74, 6) is -0.0574. The van der Waals surface area contributed by atoms with E-state index >= 15 is 0 Å². The lowest BCUT2D eigenvalue weighted by Crippen LogP contribution is -2.53. The Bertz CT molecular complexity index is 573. The molecule has 5 amide bonds. The molecule has 0 N–H and O–H groups in total. The summed E-state index contributed by atoms with van der Waals surface area (Å²) in [6, 6.07) is -0.697. The molecule has 0 aromatic rings. The Labute approximate surface area is 140 Å². The maximum absolute atomic E-state index is 12.4. The molecule has 0 aromatic carbocycles. The van der Waals surface area contributed by atoms with Crippen LogP contribution in [0.3, 0.4) is 0 Å². The number of hydrogen-bond donors (Lipinski definition) is 0. The number of piperazine rings is 1. The van der Waals surface area contributed by atoms with Crippen LogP contribution >= 0.6 is 0 Å². The van der Waals surface area contributed by atoms with Gasteiger partial charge in [-0.1, -0.05) is 0 Å². The van der Waals surface area contributed by atoms with Crippen LogP contribution in [0.1, 0.15) is 25.7 Å². The second-order valence-electron chi connectivity index (χ2n) is 7.04. The zero-order valence-electron chi connectivity index (χ0n) is 13.6. The Morgan fingerprint density at radius 2 is 1.58 bits per heavy atom. The molecule has 0 bridgehead atoms. The Morgan fingerprint density at radius 1 is 0.917 bits per heavy atom. The summed E-state index contributed by atoms with van der Waals surface area (Å²) in [6.45, 7) is 2.44. The molecule has 130 valence electrons. The second kappa shape index (κ2) is 5.75. The first-order valence-electron chi connectivity index (χ1n) is 8.75. The Kier molecular flexibility index (Phi) is 3.69. The molecule has 0 spiro atoms. The maximum Gasteiger partial charge on any atom is 0.327 e. The molecule has 24 heavy (non-hydrogen) atoms. The van der Waals surface area contributed by atoms with Crippen molar-refractivity contribution in [2.75, 3.05) is 39.3 Å². The molecule has 3 saturated heterocycles. The van der Waals surface area contributed by atoms with E-state index in [0.717, 1.165) is 24.2 Å². The lowest BCUT2D eigenvalue weighted by molar-refractivity contribution is -0.142. The molecular formula is C16H22N4O4. The Balaban J connectivity index is 1.31. The van der Waals surface area contributed by atoms with E-state index in [1.807, 2.05) is 4.90 Å². The summed E-state index contributed by atoms with van der Waals surface area (Å²) in [5.41, 5.74) is 0. The van der Waals surface area contributed by atoms with Crippen molar-refractivity contribution in [2.24, 2.45) is 5.92 Å². The largest absolute Gasteiger partial charge is 0.339 e. The van der Waals surface area contributed by atoms with E-state index < -0.39 is 0 Å². The molecule has 8 nitrogen and oxygen atoms in total. The highest BCUT2D eigenvalue weighted by molar-refractivity contribution is 6.06. The van der Waals surface area contributed by atoms with E-state index in [-0.39, 0.29) is 42.3 Å². The standard InChI is InChI=1S/C16H22N4O4/c21-13(10-20-15(23)12-2-1-5-19(12)16(20)24)17-6-8-18(9-7-17)14(22)11-3-4-11/h11-12H,1-10H2/t12-/m0/s1. The van der Waals surface area contributed by atoms with Gasteiger partial charge < -0.3 is 14.7 Å². The number of hydrogen-bond acceptors (Lipinski definition) is 4. The van der Waals surface area contributed by atoms with E-state index in [9.17, 15) is 19.2 Å². The van der Waals surface area contributed by atoms with Crippen LogP contribution in [-0.4, -0.2) is 88.7 Å². The number of carbonyl (C=O) groups is 4. The minimum absolute atomic E-state index is 0.179. The van der Waals surface area contributed by atoms with Gasteiger partial charge in [0.1, 0.15) is 12.6 Å². The summed E-state index contributed by atoms with van der Waals surface area (Å²) < 4.78 is 0. The third kappa shape index (κ3) is 2.53. The number of urea groups is 1. The van der Waals surface area contributed by atoms with Crippen molar-refractivity contribution < 1.29 is 19.2 Å². The lowest BCUT2D eigenvalue weighted by Gasteiger charge is -2.35. The van der Waals surface area contributed by atoms with Gasteiger partial charge in [0.05, 0.1) is 0 Å². The molecule has 0 aromatic heterocycles. The molecule has 0 unspecified atom stereocenters. The van der Waals surface area contributed by atoms with Gasteiger partial charge in [-0.15, -0.1) is 0 Å². The second-order valence-corrected chi connectivity index (χ2v) is 7.04. The van der Waals surface area contributed by atoms with Gasteiger partial charge >= 0.3 is 6.03 Å². The lowest BCUT2D eigenvalue weighted by atomic mass is 10.2. The van der Waals surface area contributed by atoms with Crippen LogP contribution < -0.4 is 0 Å². The van der Waals surface area contributed by atoms with Crippen LogP contribution in [0.15, 0.2) is 0 Å². The van der Waals surface area contributed by atoms with Crippen molar-refractivity contribution in [2.45, 2.75) is 31.7 Å². The van der Waals surface area contributed by atoms with Gasteiger partial charge in [-0.3, -0.25) is 19.3 Å². The summed E-state index contributed by atoms with van der Waals surface area (Å²) in [7, 11) is 0. The summed E-state index contributed by atoms with van der Waals surface area (Å²) in [6.07, 6.45) is 3.50. The Hall–Kier alpha value is -2.12. The van der Waals surface area contributed by atoms with Crippen molar-refractivity contribution in [1.82, 2.24) is 19.6 Å². The first-order chi connectivity index (χ1) is 11.6. The summed E-state index contributed by atoms with van der Waals surface area (Å²) >= 11 is 0. The van der Waals surface area contributed by atoms with Gasteiger partial charge in [0.25, 0.3) is 5.91 Å². The highest BCUT2D eigenvalue weighted by Crippen LogP contribution is 2.31. The number of carbonyl (C=O) groups excluding carboxylic acids is 4. The highest BCUT2D eigenvalue weighted by atomic mass is 16.2. The molecule has 1 saturated carbocycles. The van der Waals surface area contributed by atoms with Crippen molar-refractivity contribution in [3.8, 4) is 0 Å². The first kappa shape index (κ1) is 15.4. The molecule has 4 rings (SSSR count). The molecule has 4 fully saturated rings. The molecule has 8 heteroatoms. The van der Waals surface area contributed by atoms with Crippen LogP contribution in [0, 0.1) is 5.92 Å². The smallest absolute Gasteiger partial charge is 0.327 e. The van der Waals surface area contributed by atoms with E-state index in [4.69, 9.17) is 0 Å². The minimum Gasteiger partial charge on any atom is -0.339 e. The molecule has 4 aliphatic rings. The van der Waals surface area contributed by atoms with Crippen LogP contribution in [0.25, 0.3) is 0 Å². The average Bonchev–Trinajstić information content (AvgIpc) is 3.29. The monoisotopic (exact) mass is 334 g/mol. The molecule has 3 heterocycles. The number of nitrogens with zero attached hydrogens (tertiary/aromatic N) is 4. The molecule has 3 aliphatic heterocycles. The SMILES string of the molecule is O=C(CN1C(=O)[C@@H]2CCCN2C1=O)N1CCN(C(=O)C2CC2)CC1. The maximum atomic E-state index is 12.4. The zero-order valence-corrected chi connectivity index (χ0v) is 13.6. The van der Waals surface area contributed by atoms with Crippen LogP contribution in [0.2, 0.25) is 0 Å². The van der Waals surface area contributed by atoms with Crippen molar-refractivity contribution >= 4 is 23.8 Å². The first-order valence-corrected chi connectivity index (χ1v) is 8.75. The third-order valence-electron chi connectivity index (χ3n) is 5.44. The van der Waals surface area contributed by atoms with Gasteiger partial charge in [-0.2, -0.15) is 0 Å². The predicted molar refractivity (Wildman–Crippen MR) is 82.7 cm³/mol. The highest BCUT2D eigenvalue weighted by Gasteiger charge is 2.48. The number of fused-ring (bicyclic) bond motifs is 1. The number of rotatable bonds is 3. The predicted octanol–water partition coefficient (Wildman–Crippen LogP) is -0.506. The van der Waals surface area contributed by atoms with Crippen LogP contribution in [0.5, 0.6) is 0 Å². The van der Waals surface area contributed by atoms with Gasteiger partial charge in [0.2, 0.25) is 11.8 Å². The number of amides is 5. The average molecular weight is 334 g/mol. The van der Waals surface area contributed by atoms with E-state index in [2.05, 4.69) is 0 Å². The number of imide groups is 1. The van der Waals surface area contributed by atoms with Crippen LogP contribution in [-0.2, 0) is 14.4 Å². The zero-order chi connectivity index (χ0) is 16.8. The van der Waals surface area contributed by atoms with Gasteiger partial charge in [-0.25, -0.2) is 4.79 Å². The normalized spacial score (nSPS) is 27.1. The van der Waals surface area contributed by atoms with Crippen LogP contribution in [0.4, 0.5) is 4.79 Å². The Morgan fingerprint density at radius 3 is 2.21 bits per heavy atom. The van der Waals surface area contributed by atoms with Crippen molar-refractivity contribution in [3.05, 3.63) is 0 Å². The molecular weight excluding hydrogens is 312 g/mol. The quantitative estimate of drug-likeness (QED) is 0.651. The molecule has 1 aliphatic carbocycles.